The SMILES string of the molecule is ClP1(Cl)=NP2(N3CCN(P45=NP(Cl)(=NP(Cl)(Cl)=N4)OCCOCCOCCOCCO5)CC3)=NP(Cl)(=N1)OCCOCCOCCOCCO2. The minimum Gasteiger partial charge on any atom is -0.377 e. The molecule has 5 aliphatic heterocycles. The maximum atomic E-state index is 6.94. The van der Waals surface area contributed by atoms with Gasteiger partial charge in [-0.25, -0.2) is 9.34 Å². The Morgan fingerprint density at radius 3 is 0.880 bits per heavy atom. The first kappa shape index (κ1) is 43.8. The van der Waals surface area contributed by atoms with Gasteiger partial charge in [-0.15, -0.1) is 0 Å². The van der Waals surface area contributed by atoms with E-state index in [-0.39, 0.29) is 52.9 Å². The molecule has 0 N–H and O–H groups in total. The monoisotopic (exact) mass is 948 g/mol. The molecule has 30 heteroatoms. The van der Waals surface area contributed by atoms with E-state index in [1.165, 1.54) is 0 Å². The highest BCUT2D eigenvalue weighted by atomic mass is 35.9. The van der Waals surface area contributed by atoms with E-state index in [9.17, 15) is 0 Å². The quantitative estimate of drug-likeness (QED) is 0.240. The molecule has 18 nitrogen and oxygen atoms in total. The number of hydrogen-bond donors (Lipinski definition) is 0. The van der Waals surface area contributed by atoms with Gasteiger partial charge in [-0.05, 0) is 67.4 Å². The minimum atomic E-state index is -3.42. The molecule has 0 aromatic heterocycles. The lowest BCUT2D eigenvalue weighted by Crippen LogP contribution is -2.43. The van der Waals surface area contributed by atoms with Crippen molar-refractivity contribution < 1.29 is 46.5 Å². The average Bonchev–Trinajstić information content (AvgIpc) is 3.03. The fourth-order valence-electron chi connectivity index (χ4n) is 4.69. The van der Waals surface area contributed by atoms with Crippen LogP contribution in [-0.2, 0) is 46.5 Å². The Bertz CT molecular complexity index is 1390. The number of piperazine rings is 1. The van der Waals surface area contributed by atoms with Crippen LogP contribution >= 0.6 is 108 Å². The molecule has 0 spiro atoms. The van der Waals surface area contributed by atoms with E-state index >= 15 is 0 Å². The van der Waals surface area contributed by atoms with Gasteiger partial charge in [-0.3, -0.25) is 0 Å². The zero-order chi connectivity index (χ0) is 35.6. The Labute approximate surface area is 321 Å². The van der Waals surface area contributed by atoms with Crippen LogP contribution in [0.2, 0.25) is 0 Å². The van der Waals surface area contributed by atoms with E-state index in [0.29, 0.717) is 79.0 Å². The summed E-state index contributed by atoms with van der Waals surface area (Å²) in [5.74, 6) is -6.75. The fourth-order valence-corrected chi connectivity index (χ4v) is 32.1. The molecule has 1 saturated heterocycles. The number of rotatable bonds is 2. The summed E-state index contributed by atoms with van der Waals surface area (Å²) in [5, 5.41) is 0. The van der Waals surface area contributed by atoms with Crippen molar-refractivity contribution in [3.05, 3.63) is 0 Å². The summed E-state index contributed by atoms with van der Waals surface area (Å²) in [4.78, 5) is 0. The van der Waals surface area contributed by atoms with E-state index in [1.54, 1.807) is 0 Å². The van der Waals surface area contributed by atoms with Crippen LogP contribution in [0.1, 0.15) is 0 Å². The molecule has 4 bridgehead atoms. The third-order valence-corrected chi connectivity index (χ3v) is 29.7. The predicted molar refractivity (Wildman–Crippen MR) is 203 cm³/mol. The van der Waals surface area contributed by atoms with Gasteiger partial charge >= 0.3 is 13.6 Å². The lowest BCUT2D eigenvalue weighted by molar-refractivity contribution is 0.00491. The van der Waals surface area contributed by atoms with Gasteiger partial charge in [0.05, 0.1) is 106 Å². The number of hydrogen-bond acceptors (Lipinski definition) is 18. The van der Waals surface area contributed by atoms with Gasteiger partial charge in [0.1, 0.15) is 0 Å². The summed E-state index contributed by atoms with van der Waals surface area (Å²) in [6.07, 6.45) is 0. The number of halogens is 6. The van der Waals surface area contributed by atoms with Crippen molar-refractivity contribution in [2.75, 3.05) is 132 Å². The molecule has 5 heterocycles. The Morgan fingerprint density at radius 1 is 0.320 bits per heavy atom. The highest BCUT2D eigenvalue weighted by molar-refractivity contribution is 8.15. The van der Waals surface area contributed by atoms with Gasteiger partial charge in [0.15, 0.2) is 0 Å². The largest absolute Gasteiger partial charge is 0.377 e. The Balaban J connectivity index is 1.43. The molecule has 0 aromatic rings. The summed E-state index contributed by atoms with van der Waals surface area (Å²) in [6, 6.07) is 0. The summed E-state index contributed by atoms with van der Waals surface area (Å²) < 4.78 is 90.3. The molecular weight excluding hydrogens is 911 g/mol. The predicted octanol–water partition coefficient (Wildman–Crippen LogP) is 9.93. The zero-order valence-corrected chi connectivity index (χ0v) is 36.7. The van der Waals surface area contributed by atoms with Gasteiger partial charge in [-0.1, -0.05) is 0 Å². The van der Waals surface area contributed by atoms with Crippen molar-refractivity contribution >= 4 is 108 Å². The maximum absolute atomic E-state index is 6.94. The third-order valence-electron chi connectivity index (χ3n) is 6.75. The molecule has 50 heavy (non-hydrogen) atoms. The summed E-state index contributed by atoms with van der Waals surface area (Å²) >= 11 is 40.7. The van der Waals surface area contributed by atoms with Gasteiger partial charge in [-0.2, -0.15) is 27.1 Å². The van der Waals surface area contributed by atoms with Crippen molar-refractivity contribution in [2.24, 2.45) is 27.1 Å². The highest BCUT2D eigenvalue weighted by Crippen LogP contribution is 2.86. The first-order valence-corrected chi connectivity index (χ1v) is 30.6. The van der Waals surface area contributed by atoms with E-state index in [4.69, 9.17) is 132 Å². The van der Waals surface area contributed by atoms with E-state index in [2.05, 4.69) is 9.03 Å². The van der Waals surface area contributed by atoms with Gasteiger partial charge in [0.25, 0.3) is 27.0 Å². The van der Waals surface area contributed by atoms with Gasteiger partial charge in [0, 0.05) is 26.2 Å². The Hall–Kier alpha value is 2.64. The van der Waals surface area contributed by atoms with Crippen LogP contribution in [0.25, 0.3) is 0 Å². The normalized spacial score (nSPS) is 38.0. The van der Waals surface area contributed by atoms with Crippen LogP contribution in [0.3, 0.4) is 0 Å². The number of fused-ring (bicyclic) bond motifs is 2. The number of nitrogens with zero attached hydrogens (tertiary/aromatic N) is 8. The van der Waals surface area contributed by atoms with Crippen molar-refractivity contribution in [1.82, 2.24) is 9.34 Å². The first-order chi connectivity index (χ1) is 23.9. The fraction of sp³-hybridized carbons (Fsp3) is 1.00. The van der Waals surface area contributed by atoms with Crippen LogP contribution in [-0.4, -0.2) is 141 Å². The molecule has 0 saturated carbocycles. The second-order valence-electron chi connectivity index (χ2n) is 10.3. The van der Waals surface area contributed by atoms with Crippen LogP contribution in [0.4, 0.5) is 0 Å². The third kappa shape index (κ3) is 13.4. The topological polar surface area (TPSA) is 173 Å². The molecule has 1 fully saturated rings. The molecule has 0 aromatic carbocycles. The van der Waals surface area contributed by atoms with Crippen molar-refractivity contribution in [1.29, 1.82) is 0 Å². The second-order valence-corrected chi connectivity index (χ2v) is 31.9. The molecule has 4 atom stereocenters. The summed E-state index contributed by atoms with van der Waals surface area (Å²) in [5.41, 5.74) is 0. The van der Waals surface area contributed by atoms with Crippen LogP contribution in [0, 0.1) is 0 Å². The summed E-state index contributed by atoms with van der Waals surface area (Å²) in [7, 11) is -6.69. The van der Waals surface area contributed by atoms with Gasteiger partial charge in [0.2, 0.25) is 0 Å². The van der Waals surface area contributed by atoms with Crippen molar-refractivity contribution in [3.8, 4) is 0 Å². The summed E-state index contributed by atoms with van der Waals surface area (Å²) in [6.45, 7) is -1.07. The Morgan fingerprint density at radius 2 is 0.580 bits per heavy atom. The van der Waals surface area contributed by atoms with Gasteiger partial charge < -0.3 is 46.5 Å². The lowest BCUT2D eigenvalue weighted by atomic mass is 10.4. The zero-order valence-electron chi connectivity index (χ0n) is 26.8. The highest BCUT2D eigenvalue weighted by Gasteiger charge is 2.46. The molecule has 292 valence electrons. The van der Waals surface area contributed by atoms with Crippen molar-refractivity contribution in [2.45, 2.75) is 0 Å². The molecule has 5 rings (SSSR count). The van der Waals surface area contributed by atoms with E-state index < -0.39 is 40.6 Å². The first-order valence-electron chi connectivity index (χ1n) is 15.4. The molecule has 0 amide bonds. The molecule has 0 radical (unpaired) electrons. The Kier molecular flexibility index (Phi) is 17.8. The second kappa shape index (κ2) is 20.4. The lowest BCUT2D eigenvalue weighted by Gasteiger charge is -2.43. The molecule has 5 aliphatic rings. The van der Waals surface area contributed by atoms with Crippen LogP contribution < -0.4 is 0 Å². The number of ether oxygens (including phenoxy) is 6. The molecule has 0 aliphatic carbocycles. The maximum Gasteiger partial charge on any atom is 0.300 e. The minimum absolute atomic E-state index is 0.100. The smallest absolute Gasteiger partial charge is 0.300 e. The molecular formula is C20H40Cl6N8O10P6. The van der Waals surface area contributed by atoms with Crippen LogP contribution in [0.15, 0.2) is 27.1 Å². The van der Waals surface area contributed by atoms with E-state index in [1.807, 2.05) is 9.34 Å². The standard InChI is InChI=1S/C20H40Cl6N8O10P6/c21-45(22)27-47(25)31-49(29-45,43-19-15-39-11-7-35-5-9-37-13-17-41-47)33-1-2-34(4-3-33)50-30-46(23,24)28-48(26,32-50)42-18-14-38-10-6-36-8-12-40-16-20-44-50/h1-20H2. The van der Waals surface area contributed by atoms with Crippen molar-refractivity contribution in [3.63, 3.8) is 0 Å². The van der Waals surface area contributed by atoms with E-state index in [0.717, 1.165) is 0 Å². The molecule has 4 unspecified atom stereocenters. The average molecular weight is 951 g/mol. The van der Waals surface area contributed by atoms with Crippen LogP contribution in [0.5, 0.6) is 0 Å².